The molecule has 1 unspecified atom stereocenters. The number of hydrogen-bond acceptors (Lipinski definition) is 7. The van der Waals surface area contributed by atoms with E-state index in [0.29, 0.717) is 0 Å². The van der Waals surface area contributed by atoms with Gasteiger partial charge in [-0.3, -0.25) is 4.55 Å². The predicted molar refractivity (Wildman–Crippen MR) is 84.2 cm³/mol. The van der Waals surface area contributed by atoms with E-state index in [4.69, 9.17) is 4.55 Å². The number of carbonyl (C=O) groups excluding carboxylic acids is 2. The summed E-state index contributed by atoms with van der Waals surface area (Å²) in [6.07, 6.45) is -6.01. The number of benzene rings is 1. The molecule has 29 heavy (non-hydrogen) atoms. The maximum Gasteiger partial charge on any atom is 0.468 e. The van der Waals surface area contributed by atoms with Crippen LogP contribution in [0.1, 0.15) is 6.92 Å². The molecule has 0 radical (unpaired) electrons. The third-order valence-electron chi connectivity index (χ3n) is 3.00. The zero-order valence-corrected chi connectivity index (χ0v) is 15.2. The zero-order chi connectivity index (χ0) is 22.7. The van der Waals surface area contributed by atoms with Crippen molar-refractivity contribution in [3.05, 3.63) is 42.5 Å². The van der Waals surface area contributed by atoms with Gasteiger partial charge in [0.05, 0.1) is 0 Å². The van der Waals surface area contributed by atoms with Crippen LogP contribution in [0.5, 0.6) is 5.75 Å². The highest BCUT2D eigenvalue weighted by Crippen LogP contribution is 2.39. The average Bonchev–Trinajstić information content (AvgIpc) is 2.56. The first-order chi connectivity index (χ1) is 13.0. The number of hydrogen-bond donors (Lipinski definition) is 1. The first-order valence-electron chi connectivity index (χ1n) is 7.25. The first kappa shape index (κ1) is 24.5. The second kappa shape index (κ2) is 8.42. The van der Waals surface area contributed by atoms with Crippen LogP contribution in [0.3, 0.4) is 0 Å². The van der Waals surface area contributed by atoms with E-state index in [-0.39, 0.29) is 0 Å². The number of halogens is 5. The molecule has 0 aromatic heterocycles. The molecule has 0 fully saturated rings. The Kier molecular flexibility index (Phi) is 7.10. The molecule has 0 bridgehead atoms. The van der Waals surface area contributed by atoms with Crippen LogP contribution < -0.4 is 4.74 Å². The number of para-hydroxylation sites is 1. The molecule has 0 saturated carbocycles. The van der Waals surface area contributed by atoms with Gasteiger partial charge in [0.25, 0.3) is 0 Å². The minimum absolute atomic E-state index is 0.511. The van der Waals surface area contributed by atoms with Gasteiger partial charge in [-0.25, -0.2) is 9.59 Å². The highest BCUT2D eigenvalue weighted by Gasteiger charge is 2.69. The third-order valence-corrected chi connectivity index (χ3v) is 3.87. The Balaban J connectivity index is 3.44. The molecule has 1 rings (SSSR count). The van der Waals surface area contributed by atoms with Gasteiger partial charge in [-0.15, -0.1) is 0 Å². The van der Waals surface area contributed by atoms with Crippen LogP contribution in [-0.2, 0) is 29.2 Å². The normalized spacial score (nSPS) is 14.6. The Labute approximate surface area is 160 Å². The number of ether oxygens (including phenoxy) is 3. The van der Waals surface area contributed by atoms with Crippen LogP contribution in [0.4, 0.5) is 22.0 Å². The van der Waals surface area contributed by atoms with Gasteiger partial charge in [0.1, 0.15) is 12.4 Å². The van der Waals surface area contributed by atoms with Crippen LogP contribution >= 0.6 is 0 Å². The van der Waals surface area contributed by atoms with E-state index in [9.17, 15) is 40.0 Å². The Morgan fingerprint density at radius 2 is 1.62 bits per heavy atom. The molecule has 0 aliphatic rings. The summed E-state index contributed by atoms with van der Waals surface area (Å²) in [5.41, 5.74) is -0.684. The summed E-state index contributed by atoms with van der Waals surface area (Å²) in [4.78, 5) is 23.8. The van der Waals surface area contributed by atoms with Gasteiger partial charge in [0.15, 0.2) is 0 Å². The molecule has 0 spiro atoms. The SMILES string of the molecule is C=C(C)C(=O)OC(OCC(F)(F)S(=O)(=O)O)(C(=O)Oc1ccccc1)C(F)(F)F. The molecule has 1 aromatic rings. The lowest BCUT2D eigenvalue weighted by molar-refractivity contribution is -0.357. The molecule has 1 aromatic carbocycles. The maximum absolute atomic E-state index is 13.6. The summed E-state index contributed by atoms with van der Waals surface area (Å²) >= 11 is 0. The van der Waals surface area contributed by atoms with Gasteiger partial charge in [-0.1, -0.05) is 24.8 Å². The number of alkyl halides is 5. The zero-order valence-electron chi connectivity index (χ0n) is 14.4. The topological polar surface area (TPSA) is 116 Å². The summed E-state index contributed by atoms with van der Waals surface area (Å²) in [5.74, 6) is -9.71. The van der Waals surface area contributed by atoms with E-state index in [1.54, 1.807) is 0 Å². The van der Waals surface area contributed by atoms with Gasteiger partial charge in [0.2, 0.25) is 0 Å². The molecule has 0 aliphatic carbocycles. The fourth-order valence-electron chi connectivity index (χ4n) is 1.53. The highest BCUT2D eigenvalue weighted by atomic mass is 32.2. The molecular formula is C15H13F5O8S. The van der Waals surface area contributed by atoms with Crippen LogP contribution in [0, 0.1) is 0 Å². The molecule has 8 nitrogen and oxygen atoms in total. The largest absolute Gasteiger partial charge is 0.468 e. The maximum atomic E-state index is 13.6. The fraction of sp³-hybridized carbons (Fsp3) is 0.333. The third kappa shape index (κ3) is 5.71. The second-order valence-corrected chi connectivity index (χ2v) is 6.94. The molecule has 0 amide bonds. The Morgan fingerprint density at radius 1 is 1.10 bits per heavy atom. The van der Waals surface area contributed by atoms with E-state index >= 15 is 0 Å². The molecular weight excluding hydrogens is 435 g/mol. The standard InChI is InChI=1S/C15H13F5O8S/c1-9(2)11(21)28-14(15(18,19)20,26-8-13(16,17)29(23,24)25)12(22)27-10-6-4-3-5-7-10/h3-7H,1,8H2,2H3,(H,23,24,25). The number of carbonyl (C=O) groups is 2. The predicted octanol–water partition coefficient (Wildman–Crippen LogP) is 2.47. The molecule has 162 valence electrons. The van der Waals surface area contributed by atoms with E-state index in [1.165, 1.54) is 18.2 Å². The van der Waals surface area contributed by atoms with Crippen molar-refractivity contribution in [3.63, 3.8) is 0 Å². The summed E-state index contributed by atoms with van der Waals surface area (Å²) in [6.45, 7) is 1.14. The Bertz CT molecular complexity index is 882. The van der Waals surface area contributed by atoms with Crippen LogP contribution in [0.2, 0.25) is 0 Å². The highest BCUT2D eigenvalue weighted by molar-refractivity contribution is 7.86. The lowest BCUT2D eigenvalue weighted by Crippen LogP contribution is -2.60. The van der Waals surface area contributed by atoms with Gasteiger partial charge >= 0.3 is 39.3 Å². The summed E-state index contributed by atoms with van der Waals surface area (Å²) in [6, 6.07) is 5.90. The quantitative estimate of drug-likeness (QED) is 0.161. The summed E-state index contributed by atoms with van der Waals surface area (Å²) in [5, 5.41) is -5.29. The smallest absolute Gasteiger partial charge is 0.421 e. The number of rotatable bonds is 8. The van der Waals surface area contributed by atoms with E-state index < -0.39 is 57.2 Å². The van der Waals surface area contributed by atoms with Crippen molar-refractivity contribution in [1.82, 2.24) is 0 Å². The van der Waals surface area contributed by atoms with Crippen molar-refractivity contribution in [1.29, 1.82) is 0 Å². The number of esters is 2. The van der Waals surface area contributed by atoms with E-state index in [1.807, 2.05) is 0 Å². The van der Waals surface area contributed by atoms with Crippen molar-refractivity contribution in [2.75, 3.05) is 6.61 Å². The van der Waals surface area contributed by atoms with Gasteiger partial charge in [-0.2, -0.15) is 30.4 Å². The van der Waals surface area contributed by atoms with Crippen LogP contribution in [0.15, 0.2) is 42.5 Å². The monoisotopic (exact) mass is 448 g/mol. The lowest BCUT2D eigenvalue weighted by atomic mass is 10.2. The van der Waals surface area contributed by atoms with Gasteiger partial charge in [0, 0.05) is 5.57 Å². The Morgan fingerprint density at radius 3 is 2.03 bits per heavy atom. The molecule has 1 atom stereocenters. The van der Waals surface area contributed by atoms with Gasteiger partial charge < -0.3 is 14.2 Å². The first-order valence-corrected chi connectivity index (χ1v) is 8.69. The summed E-state index contributed by atoms with van der Waals surface area (Å²) in [7, 11) is -6.24. The van der Waals surface area contributed by atoms with Crippen LogP contribution in [-0.4, -0.2) is 48.7 Å². The molecule has 0 heterocycles. The molecule has 1 N–H and O–H groups in total. The van der Waals surface area contributed by atoms with Gasteiger partial charge in [-0.05, 0) is 19.1 Å². The van der Waals surface area contributed by atoms with Crippen LogP contribution in [0.25, 0.3) is 0 Å². The Hall–Kier alpha value is -2.58. The second-order valence-electron chi connectivity index (χ2n) is 5.39. The molecule has 14 heteroatoms. The minimum atomic E-state index is -6.24. The van der Waals surface area contributed by atoms with E-state index in [2.05, 4.69) is 20.8 Å². The lowest BCUT2D eigenvalue weighted by Gasteiger charge is -2.32. The van der Waals surface area contributed by atoms with Crippen molar-refractivity contribution in [3.8, 4) is 5.75 Å². The molecule has 0 saturated heterocycles. The van der Waals surface area contributed by atoms with Crippen molar-refractivity contribution < 1.29 is 58.7 Å². The van der Waals surface area contributed by atoms with Crippen molar-refractivity contribution >= 4 is 22.1 Å². The van der Waals surface area contributed by atoms with Crippen molar-refractivity contribution in [2.45, 2.75) is 24.1 Å². The fourth-order valence-corrected chi connectivity index (χ4v) is 1.73. The molecule has 0 aliphatic heterocycles. The summed E-state index contributed by atoms with van der Waals surface area (Å²) < 4.78 is 109. The van der Waals surface area contributed by atoms with E-state index in [0.717, 1.165) is 19.1 Å². The average molecular weight is 448 g/mol. The van der Waals surface area contributed by atoms with Crippen molar-refractivity contribution in [2.24, 2.45) is 0 Å². The minimum Gasteiger partial charge on any atom is -0.421 e.